The highest BCUT2D eigenvalue weighted by Gasteiger charge is 2.22. The van der Waals surface area contributed by atoms with Gasteiger partial charge in [-0.3, -0.25) is 9.59 Å². The Labute approximate surface area is 192 Å². The van der Waals surface area contributed by atoms with Crippen molar-refractivity contribution in [1.82, 2.24) is 4.90 Å². The molecule has 0 radical (unpaired) electrons. The zero-order valence-corrected chi connectivity index (χ0v) is 18.4. The van der Waals surface area contributed by atoms with Gasteiger partial charge in [-0.1, -0.05) is 42.5 Å². The van der Waals surface area contributed by atoms with Crippen LogP contribution < -0.4 is 11.2 Å². The highest BCUT2D eigenvalue weighted by molar-refractivity contribution is 6.38. The molecule has 33 heavy (non-hydrogen) atoms. The summed E-state index contributed by atoms with van der Waals surface area (Å²) < 4.78 is 0. The van der Waals surface area contributed by atoms with E-state index in [0.29, 0.717) is 30.1 Å². The second-order valence-corrected chi connectivity index (χ2v) is 7.86. The average molecular weight is 440 g/mol. The van der Waals surface area contributed by atoms with Crippen LogP contribution in [0, 0.1) is 0 Å². The van der Waals surface area contributed by atoms with Gasteiger partial charge in [-0.25, -0.2) is 4.99 Å². The maximum Gasteiger partial charge on any atom is 0.268 e. The standard InChI is InChI=1S/C26H25N5O2/c1-18-26(33)31(14-13-19-5-3-2-4-6-19)17-22-15-23(11-12-24(22)29-18)30-25(32)21-9-7-20(8-10-21)16-28-27/h2-12,15-16H,13-14,17,27H2,1H3,(H,30,32). The van der Waals surface area contributed by atoms with Gasteiger partial charge in [0.1, 0.15) is 5.71 Å². The number of carbonyl (C=O) groups is 2. The van der Waals surface area contributed by atoms with Crippen LogP contribution in [-0.2, 0) is 17.8 Å². The third-order valence-corrected chi connectivity index (χ3v) is 5.49. The summed E-state index contributed by atoms with van der Waals surface area (Å²) in [5.74, 6) is 4.86. The fourth-order valence-electron chi connectivity index (χ4n) is 3.73. The third-order valence-electron chi connectivity index (χ3n) is 5.49. The molecule has 1 aliphatic rings. The molecule has 0 unspecified atom stereocenters. The smallest absolute Gasteiger partial charge is 0.268 e. The van der Waals surface area contributed by atoms with Gasteiger partial charge in [0.15, 0.2) is 0 Å². The lowest BCUT2D eigenvalue weighted by atomic mass is 10.1. The Morgan fingerprint density at radius 2 is 1.88 bits per heavy atom. The van der Waals surface area contributed by atoms with Gasteiger partial charge in [0.2, 0.25) is 0 Å². The van der Waals surface area contributed by atoms with Crippen LogP contribution in [0.2, 0.25) is 0 Å². The lowest BCUT2D eigenvalue weighted by Crippen LogP contribution is -2.35. The Kier molecular flexibility index (Phi) is 6.59. The number of hydrogen-bond donors (Lipinski definition) is 2. The number of nitrogens with one attached hydrogen (secondary N) is 1. The van der Waals surface area contributed by atoms with Crippen LogP contribution in [0.5, 0.6) is 0 Å². The third kappa shape index (κ3) is 5.33. The quantitative estimate of drug-likeness (QED) is 0.346. The molecule has 7 heteroatoms. The highest BCUT2D eigenvalue weighted by Crippen LogP contribution is 2.28. The van der Waals surface area contributed by atoms with E-state index < -0.39 is 0 Å². The molecule has 3 aromatic carbocycles. The minimum absolute atomic E-state index is 0.0752. The van der Waals surface area contributed by atoms with Gasteiger partial charge in [0.05, 0.1) is 11.9 Å². The molecule has 0 saturated heterocycles. The molecule has 3 aromatic rings. The summed E-state index contributed by atoms with van der Waals surface area (Å²) in [6.45, 7) is 2.75. The van der Waals surface area contributed by atoms with Crippen molar-refractivity contribution in [2.75, 3.05) is 11.9 Å². The molecule has 0 atom stereocenters. The van der Waals surface area contributed by atoms with Crippen molar-refractivity contribution in [3.05, 3.63) is 95.1 Å². The van der Waals surface area contributed by atoms with Crippen molar-refractivity contribution in [1.29, 1.82) is 0 Å². The van der Waals surface area contributed by atoms with Crippen molar-refractivity contribution in [2.24, 2.45) is 15.9 Å². The number of fused-ring (bicyclic) bond motifs is 1. The summed E-state index contributed by atoms with van der Waals surface area (Å²) in [4.78, 5) is 31.9. The molecular weight excluding hydrogens is 414 g/mol. The maximum atomic E-state index is 12.9. The van der Waals surface area contributed by atoms with Crippen molar-refractivity contribution >= 4 is 35.1 Å². The number of aliphatic imine (C=N–C) groups is 1. The Balaban J connectivity index is 1.50. The van der Waals surface area contributed by atoms with Crippen LogP contribution in [0.15, 0.2) is 82.9 Å². The van der Waals surface area contributed by atoms with E-state index in [-0.39, 0.29) is 11.8 Å². The molecular formula is C26H25N5O2. The first-order valence-corrected chi connectivity index (χ1v) is 10.7. The summed E-state index contributed by atoms with van der Waals surface area (Å²) in [6, 6.07) is 22.6. The van der Waals surface area contributed by atoms with Crippen LogP contribution in [0.25, 0.3) is 0 Å². The van der Waals surface area contributed by atoms with E-state index >= 15 is 0 Å². The molecule has 166 valence electrons. The van der Waals surface area contributed by atoms with Gasteiger partial charge in [0.25, 0.3) is 11.8 Å². The number of rotatable bonds is 6. The van der Waals surface area contributed by atoms with Crippen molar-refractivity contribution in [3.63, 3.8) is 0 Å². The molecule has 0 bridgehead atoms. The predicted molar refractivity (Wildman–Crippen MR) is 131 cm³/mol. The van der Waals surface area contributed by atoms with Crippen molar-refractivity contribution in [2.45, 2.75) is 19.9 Å². The van der Waals surface area contributed by atoms with E-state index in [1.165, 1.54) is 11.8 Å². The Hall–Kier alpha value is -4.26. The first-order valence-electron chi connectivity index (χ1n) is 10.7. The highest BCUT2D eigenvalue weighted by atomic mass is 16.2. The molecule has 0 saturated carbocycles. The van der Waals surface area contributed by atoms with Crippen LogP contribution in [0.3, 0.4) is 0 Å². The molecule has 3 N–H and O–H groups in total. The van der Waals surface area contributed by atoms with E-state index in [9.17, 15) is 9.59 Å². The van der Waals surface area contributed by atoms with Crippen molar-refractivity contribution in [3.8, 4) is 0 Å². The molecule has 0 spiro atoms. The number of carbonyl (C=O) groups excluding carboxylic acids is 2. The van der Waals surface area contributed by atoms with Crippen molar-refractivity contribution < 1.29 is 9.59 Å². The number of anilines is 1. The number of nitrogens with zero attached hydrogens (tertiary/aromatic N) is 3. The monoisotopic (exact) mass is 439 g/mol. The van der Waals surface area contributed by atoms with E-state index in [0.717, 1.165) is 23.2 Å². The number of hydrogen-bond acceptors (Lipinski definition) is 5. The fraction of sp³-hybridized carbons (Fsp3) is 0.154. The second kappa shape index (κ2) is 9.91. The number of hydrazone groups is 1. The minimum atomic E-state index is -0.225. The summed E-state index contributed by atoms with van der Waals surface area (Å²) in [5.41, 5.74) is 5.25. The topological polar surface area (TPSA) is 100 Å². The molecule has 0 aromatic heterocycles. The molecule has 1 heterocycles. The van der Waals surface area contributed by atoms with Gasteiger partial charge in [-0.05, 0) is 60.4 Å². The molecule has 2 amide bonds. The van der Waals surface area contributed by atoms with E-state index in [1.807, 2.05) is 30.3 Å². The lowest BCUT2D eigenvalue weighted by Gasteiger charge is -2.21. The molecule has 0 aliphatic carbocycles. The van der Waals surface area contributed by atoms with Gasteiger partial charge < -0.3 is 16.1 Å². The number of amides is 2. The summed E-state index contributed by atoms with van der Waals surface area (Å²) >= 11 is 0. The van der Waals surface area contributed by atoms with Gasteiger partial charge in [0, 0.05) is 24.3 Å². The van der Waals surface area contributed by atoms with Crippen LogP contribution in [0.1, 0.15) is 34.0 Å². The normalized spacial score (nSPS) is 13.4. The van der Waals surface area contributed by atoms with E-state index in [4.69, 9.17) is 5.84 Å². The minimum Gasteiger partial charge on any atom is -0.333 e. The predicted octanol–water partition coefficient (Wildman–Crippen LogP) is 3.91. The lowest BCUT2D eigenvalue weighted by molar-refractivity contribution is -0.124. The zero-order chi connectivity index (χ0) is 23.2. The Bertz CT molecular complexity index is 1220. The fourth-order valence-corrected chi connectivity index (χ4v) is 3.73. The summed E-state index contributed by atoms with van der Waals surface area (Å²) in [5, 5.41) is 6.41. The van der Waals surface area contributed by atoms with Crippen LogP contribution in [0.4, 0.5) is 11.4 Å². The molecule has 1 aliphatic heterocycles. The van der Waals surface area contributed by atoms with Gasteiger partial charge in [-0.15, -0.1) is 0 Å². The van der Waals surface area contributed by atoms with E-state index in [1.54, 1.807) is 42.2 Å². The number of nitrogens with two attached hydrogens (primary N) is 1. The zero-order valence-electron chi connectivity index (χ0n) is 18.4. The Morgan fingerprint density at radius 1 is 1.12 bits per heavy atom. The first-order chi connectivity index (χ1) is 16.0. The first kappa shape index (κ1) is 22.0. The molecule has 0 fully saturated rings. The maximum absolute atomic E-state index is 12.9. The van der Waals surface area contributed by atoms with Crippen LogP contribution >= 0.6 is 0 Å². The summed E-state index contributed by atoms with van der Waals surface area (Å²) in [7, 11) is 0. The van der Waals surface area contributed by atoms with E-state index in [2.05, 4.69) is 27.5 Å². The van der Waals surface area contributed by atoms with Gasteiger partial charge >= 0.3 is 0 Å². The molecule has 7 nitrogen and oxygen atoms in total. The SMILES string of the molecule is CC1=Nc2ccc(NC(=O)c3ccc(C=NN)cc3)cc2CN(CCc2ccccc2)C1=O. The Morgan fingerprint density at radius 3 is 2.61 bits per heavy atom. The largest absolute Gasteiger partial charge is 0.333 e. The number of benzene rings is 3. The average Bonchev–Trinajstić information content (AvgIpc) is 2.95. The molecule has 4 rings (SSSR count). The second-order valence-electron chi connectivity index (χ2n) is 7.86. The van der Waals surface area contributed by atoms with Crippen LogP contribution in [-0.4, -0.2) is 35.2 Å². The van der Waals surface area contributed by atoms with Gasteiger partial charge in [-0.2, -0.15) is 5.10 Å². The summed E-state index contributed by atoms with van der Waals surface area (Å²) in [6.07, 6.45) is 2.28.